The van der Waals surface area contributed by atoms with Crippen LogP contribution in [0, 0.1) is 13.1 Å². The zero-order valence-corrected chi connectivity index (χ0v) is 29.5. The van der Waals surface area contributed by atoms with Crippen molar-refractivity contribution in [3.63, 3.8) is 0 Å². The number of fused-ring (bicyclic) bond motifs is 9. The van der Waals surface area contributed by atoms with Gasteiger partial charge in [-0.05, 0) is 77.2 Å². The van der Waals surface area contributed by atoms with Gasteiger partial charge < -0.3 is 13.7 Å². The lowest BCUT2D eigenvalue weighted by molar-refractivity contribution is 1.15. The Balaban J connectivity index is 1.17. The van der Waals surface area contributed by atoms with Gasteiger partial charge in [0, 0.05) is 38.3 Å². The monoisotopic (exact) mass is 699 g/mol. The van der Waals surface area contributed by atoms with Gasteiger partial charge in [0.2, 0.25) is 5.69 Å². The van der Waals surface area contributed by atoms with Crippen molar-refractivity contribution in [3.05, 3.63) is 199 Å². The lowest BCUT2D eigenvalue weighted by Crippen LogP contribution is -1.99. The normalized spacial score (nSPS) is 11.6. The van der Waals surface area contributed by atoms with Gasteiger partial charge in [-0.2, -0.15) is 0 Å². The number of nitrogens with zero attached hydrogens (tertiary/aromatic N) is 5. The van der Waals surface area contributed by atoms with E-state index in [-0.39, 0.29) is 0 Å². The molecule has 5 heteroatoms. The topological polar surface area (TPSA) is 23.5 Å². The first-order valence-corrected chi connectivity index (χ1v) is 18.3. The third-order valence-corrected chi connectivity index (χ3v) is 11.1. The Bertz CT molecular complexity index is 3420. The summed E-state index contributed by atoms with van der Waals surface area (Å²) in [6.45, 7) is 16.1. The Morgan fingerprint density at radius 2 is 0.891 bits per heavy atom. The fraction of sp³-hybridized carbons (Fsp3) is 0. The van der Waals surface area contributed by atoms with Gasteiger partial charge in [-0.1, -0.05) is 115 Å². The molecule has 0 saturated heterocycles. The number of aromatic nitrogens is 3. The summed E-state index contributed by atoms with van der Waals surface area (Å²) < 4.78 is 6.93. The molecule has 0 atom stereocenters. The summed E-state index contributed by atoms with van der Waals surface area (Å²) in [7, 11) is 0. The zero-order chi connectivity index (χ0) is 36.6. The van der Waals surface area contributed by atoms with Crippen LogP contribution in [0.4, 0.5) is 11.4 Å². The van der Waals surface area contributed by atoms with E-state index in [1.165, 1.54) is 32.6 Å². The van der Waals surface area contributed by atoms with Crippen LogP contribution in [0.2, 0.25) is 0 Å². The molecule has 0 spiro atoms. The predicted molar refractivity (Wildman–Crippen MR) is 227 cm³/mol. The van der Waals surface area contributed by atoms with Crippen molar-refractivity contribution in [1.29, 1.82) is 0 Å². The molecule has 3 heterocycles. The second-order valence-electron chi connectivity index (χ2n) is 13.9. The molecular formula is C50H29N5. The van der Waals surface area contributed by atoms with E-state index in [0.29, 0.717) is 11.4 Å². The molecule has 254 valence electrons. The molecule has 0 bridgehead atoms. The Morgan fingerprint density at radius 3 is 1.53 bits per heavy atom. The van der Waals surface area contributed by atoms with Crippen LogP contribution < -0.4 is 0 Å². The molecule has 11 aromatic rings. The van der Waals surface area contributed by atoms with Crippen LogP contribution in [-0.2, 0) is 0 Å². The minimum atomic E-state index is 0.558. The molecular weight excluding hydrogens is 671 g/mol. The van der Waals surface area contributed by atoms with Crippen molar-refractivity contribution in [3.8, 4) is 28.2 Å². The smallest absolute Gasteiger partial charge is 0.211 e. The average Bonchev–Trinajstić information content (AvgIpc) is 3.89. The van der Waals surface area contributed by atoms with E-state index in [1.54, 1.807) is 0 Å². The van der Waals surface area contributed by atoms with Crippen LogP contribution in [0.25, 0.3) is 103 Å². The van der Waals surface area contributed by atoms with Crippen LogP contribution in [-0.4, -0.2) is 13.7 Å². The molecule has 0 aliphatic carbocycles. The van der Waals surface area contributed by atoms with Gasteiger partial charge in [0.05, 0.1) is 51.9 Å². The largest absolute Gasteiger partial charge is 0.318 e. The summed E-state index contributed by atoms with van der Waals surface area (Å²) in [5.74, 6) is 0. The number of rotatable bonds is 4. The van der Waals surface area contributed by atoms with Crippen LogP contribution >= 0.6 is 0 Å². The summed E-state index contributed by atoms with van der Waals surface area (Å²) in [6, 6.07) is 61.4. The van der Waals surface area contributed by atoms with E-state index in [4.69, 9.17) is 13.1 Å². The molecule has 0 aliphatic heterocycles. The van der Waals surface area contributed by atoms with Gasteiger partial charge in [-0.3, -0.25) is 0 Å². The quantitative estimate of drug-likeness (QED) is 0.163. The SMILES string of the molecule is [C-]#[N+]c1ccc(-n2c3ccccc3c3cccc([N+]#[C-])c32)c(-c2cccc(-n3c4ccccc4c4ccc(-n5c6ccccc6c6ccccc65)cc43)c2)c1. The summed E-state index contributed by atoms with van der Waals surface area (Å²) in [5, 5.41) is 6.94. The first-order chi connectivity index (χ1) is 27.2. The molecule has 3 aromatic heterocycles. The maximum atomic E-state index is 8.09. The van der Waals surface area contributed by atoms with Crippen molar-refractivity contribution in [1.82, 2.24) is 13.7 Å². The highest BCUT2D eigenvalue weighted by molar-refractivity contribution is 6.14. The predicted octanol–water partition coefficient (Wildman–Crippen LogP) is 13.7. The minimum Gasteiger partial charge on any atom is -0.318 e. The first-order valence-electron chi connectivity index (χ1n) is 18.3. The molecule has 0 saturated carbocycles. The third-order valence-electron chi connectivity index (χ3n) is 11.1. The lowest BCUT2D eigenvalue weighted by atomic mass is 10.0. The summed E-state index contributed by atoms with van der Waals surface area (Å²) >= 11 is 0. The van der Waals surface area contributed by atoms with Gasteiger partial charge in [0.15, 0.2) is 5.69 Å². The Kier molecular flexibility index (Phi) is 6.61. The zero-order valence-electron chi connectivity index (χ0n) is 29.5. The molecule has 0 aliphatic rings. The fourth-order valence-electron chi connectivity index (χ4n) is 8.75. The Labute approximate surface area is 316 Å². The second kappa shape index (κ2) is 11.8. The molecule has 5 nitrogen and oxygen atoms in total. The van der Waals surface area contributed by atoms with Crippen molar-refractivity contribution < 1.29 is 0 Å². The fourth-order valence-corrected chi connectivity index (χ4v) is 8.75. The molecule has 11 rings (SSSR count). The van der Waals surface area contributed by atoms with Crippen molar-refractivity contribution in [2.45, 2.75) is 0 Å². The Hall–Kier alpha value is -7.86. The summed E-state index contributed by atoms with van der Waals surface area (Å²) in [4.78, 5) is 7.81. The number of para-hydroxylation sites is 5. The van der Waals surface area contributed by atoms with Crippen LogP contribution in [0.3, 0.4) is 0 Å². The first kappa shape index (κ1) is 30.7. The highest BCUT2D eigenvalue weighted by atomic mass is 15.0. The highest BCUT2D eigenvalue weighted by Crippen LogP contribution is 2.42. The maximum Gasteiger partial charge on any atom is 0.211 e. The van der Waals surface area contributed by atoms with Gasteiger partial charge in [0.1, 0.15) is 0 Å². The molecule has 0 unspecified atom stereocenters. The number of hydrogen-bond acceptors (Lipinski definition) is 0. The highest BCUT2D eigenvalue weighted by Gasteiger charge is 2.20. The molecule has 8 aromatic carbocycles. The maximum absolute atomic E-state index is 8.09. The molecule has 0 amide bonds. The molecule has 0 N–H and O–H groups in total. The standard InChI is InChI=1S/C50H29N5/c1-51-33-25-28-48(55-47-24-10-6-18-39(47)41-19-12-20-43(52-2)50(41)55)42(30-33)32-13-11-14-34(29-32)54-46-23-9-5-17-38(46)40-27-26-35(31-49(40)54)53-44-21-7-3-15-36(44)37-16-4-8-22-45(37)53/h3-31H. The number of hydrogen-bond donors (Lipinski definition) is 0. The van der Waals surface area contributed by atoms with Crippen molar-refractivity contribution >= 4 is 76.8 Å². The summed E-state index contributed by atoms with van der Waals surface area (Å²) in [6.07, 6.45) is 0. The average molecular weight is 700 g/mol. The van der Waals surface area contributed by atoms with Gasteiger partial charge >= 0.3 is 0 Å². The van der Waals surface area contributed by atoms with Crippen LogP contribution in [0.1, 0.15) is 0 Å². The van der Waals surface area contributed by atoms with Gasteiger partial charge in [-0.15, -0.1) is 0 Å². The van der Waals surface area contributed by atoms with E-state index < -0.39 is 0 Å². The van der Waals surface area contributed by atoms with Gasteiger partial charge in [-0.25, -0.2) is 9.69 Å². The van der Waals surface area contributed by atoms with Gasteiger partial charge in [0.25, 0.3) is 0 Å². The molecule has 55 heavy (non-hydrogen) atoms. The van der Waals surface area contributed by atoms with Crippen LogP contribution in [0.5, 0.6) is 0 Å². The third kappa shape index (κ3) is 4.45. The van der Waals surface area contributed by atoms with E-state index in [2.05, 4.69) is 157 Å². The second-order valence-corrected chi connectivity index (χ2v) is 13.9. The molecule has 0 radical (unpaired) electrons. The van der Waals surface area contributed by atoms with E-state index in [1.807, 2.05) is 42.5 Å². The lowest BCUT2D eigenvalue weighted by Gasteiger charge is -2.17. The van der Waals surface area contributed by atoms with Crippen molar-refractivity contribution in [2.24, 2.45) is 0 Å². The van der Waals surface area contributed by atoms with E-state index in [0.717, 1.165) is 61.0 Å². The molecule has 0 fully saturated rings. The van der Waals surface area contributed by atoms with Crippen LogP contribution in [0.15, 0.2) is 176 Å². The van der Waals surface area contributed by atoms with E-state index >= 15 is 0 Å². The van der Waals surface area contributed by atoms with Crippen molar-refractivity contribution in [2.75, 3.05) is 0 Å². The number of benzene rings is 8. The van der Waals surface area contributed by atoms with E-state index in [9.17, 15) is 0 Å². The summed E-state index contributed by atoms with van der Waals surface area (Å²) in [5.41, 5.74) is 12.5. The Morgan fingerprint density at radius 1 is 0.364 bits per heavy atom. The minimum absolute atomic E-state index is 0.558.